The zero-order valence-corrected chi connectivity index (χ0v) is 14.7. The largest absolute Gasteiger partial charge is 0.461 e. The molecular weight excluding hydrogens is 363 g/mol. The van der Waals surface area contributed by atoms with Crippen LogP contribution in [0.25, 0.3) is 10.4 Å². The van der Waals surface area contributed by atoms with Crippen LogP contribution in [-0.2, 0) is 4.74 Å². The van der Waals surface area contributed by atoms with Crippen molar-refractivity contribution >= 4 is 39.7 Å². The fourth-order valence-electron chi connectivity index (χ4n) is 2.02. The molecule has 25 heavy (non-hydrogen) atoms. The number of anilines is 1. The summed E-state index contributed by atoms with van der Waals surface area (Å²) in [5.41, 5.74) is 1.00. The van der Waals surface area contributed by atoms with Crippen LogP contribution < -0.4 is 5.32 Å². The normalized spacial score (nSPS) is 10.5. The van der Waals surface area contributed by atoms with Crippen LogP contribution in [0.3, 0.4) is 0 Å². The van der Waals surface area contributed by atoms with Crippen LogP contribution >= 0.6 is 22.7 Å². The van der Waals surface area contributed by atoms with E-state index in [-0.39, 0.29) is 24.0 Å². The predicted molar refractivity (Wildman–Crippen MR) is 95.7 cm³/mol. The number of nitrogens with one attached hydrogen (secondary N) is 1. The third-order valence-electron chi connectivity index (χ3n) is 3.17. The lowest BCUT2D eigenvalue weighted by atomic mass is 10.2. The van der Waals surface area contributed by atoms with E-state index >= 15 is 0 Å². The minimum Gasteiger partial charge on any atom is -0.461 e. The number of thiazole rings is 1. The third-order valence-corrected chi connectivity index (χ3v) is 5.06. The standard InChI is InChI=1S/C17H13FN2O3S2/c1-2-23-16(22)12-9-24-17(19-12)20-15(21)14-8-7-13(25-14)10-3-5-11(18)6-4-10/h3-9H,2H2,1H3,(H,19,20,21). The number of rotatable bonds is 5. The number of carbonyl (C=O) groups is 2. The summed E-state index contributed by atoms with van der Waals surface area (Å²) in [6, 6.07) is 9.57. The summed E-state index contributed by atoms with van der Waals surface area (Å²) in [7, 11) is 0. The molecular formula is C17H13FN2O3S2. The van der Waals surface area contributed by atoms with Gasteiger partial charge in [0, 0.05) is 10.3 Å². The molecule has 1 amide bonds. The third kappa shape index (κ3) is 4.09. The Kier molecular flexibility index (Phi) is 5.20. The van der Waals surface area contributed by atoms with E-state index < -0.39 is 5.97 Å². The zero-order chi connectivity index (χ0) is 17.8. The molecule has 0 aliphatic rings. The van der Waals surface area contributed by atoms with Crippen molar-refractivity contribution < 1.29 is 18.7 Å². The number of nitrogens with zero attached hydrogens (tertiary/aromatic N) is 1. The van der Waals surface area contributed by atoms with Gasteiger partial charge in [-0.1, -0.05) is 12.1 Å². The van der Waals surface area contributed by atoms with E-state index in [0.717, 1.165) is 21.8 Å². The summed E-state index contributed by atoms with van der Waals surface area (Å²) < 4.78 is 17.8. The molecule has 0 aliphatic heterocycles. The number of halogens is 1. The molecule has 5 nitrogen and oxygen atoms in total. The van der Waals surface area contributed by atoms with Gasteiger partial charge in [-0.3, -0.25) is 10.1 Å². The summed E-state index contributed by atoms with van der Waals surface area (Å²) >= 11 is 2.44. The number of ether oxygens (including phenoxy) is 1. The second-order valence-corrected chi connectivity index (χ2v) is 6.83. The molecule has 0 spiro atoms. The van der Waals surface area contributed by atoms with E-state index in [0.29, 0.717) is 10.0 Å². The predicted octanol–water partition coefficient (Wildman–Crippen LogP) is 4.44. The molecule has 0 saturated carbocycles. The van der Waals surface area contributed by atoms with Crippen molar-refractivity contribution in [2.24, 2.45) is 0 Å². The lowest BCUT2D eigenvalue weighted by Crippen LogP contribution is -2.10. The molecule has 0 fully saturated rings. The molecule has 2 heterocycles. The number of thiophene rings is 1. The molecule has 1 N–H and O–H groups in total. The van der Waals surface area contributed by atoms with Crippen LogP contribution in [0.15, 0.2) is 41.8 Å². The average molecular weight is 376 g/mol. The minimum atomic E-state index is -0.519. The Morgan fingerprint density at radius 3 is 2.68 bits per heavy atom. The monoisotopic (exact) mass is 376 g/mol. The fourth-order valence-corrected chi connectivity index (χ4v) is 3.60. The van der Waals surface area contributed by atoms with Crippen LogP contribution in [0.4, 0.5) is 9.52 Å². The van der Waals surface area contributed by atoms with Crippen molar-refractivity contribution in [3.8, 4) is 10.4 Å². The Bertz CT molecular complexity index is 903. The minimum absolute atomic E-state index is 0.167. The highest BCUT2D eigenvalue weighted by Gasteiger charge is 2.15. The molecule has 0 aliphatic carbocycles. The molecule has 0 bridgehead atoms. The molecule has 0 radical (unpaired) electrons. The number of hydrogen-bond acceptors (Lipinski definition) is 6. The lowest BCUT2D eigenvalue weighted by molar-refractivity contribution is 0.0520. The van der Waals surface area contributed by atoms with Crippen LogP contribution in [0.1, 0.15) is 27.1 Å². The van der Waals surface area contributed by atoms with Gasteiger partial charge in [0.2, 0.25) is 0 Å². The van der Waals surface area contributed by atoms with Crippen molar-refractivity contribution in [2.75, 3.05) is 11.9 Å². The highest BCUT2D eigenvalue weighted by molar-refractivity contribution is 7.17. The Morgan fingerprint density at radius 1 is 1.20 bits per heavy atom. The smallest absolute Gasteiger partial charge is 0.357 e. The maximum absolute atomic E-state index is 13.0. The summed E-state index contributed by atoms with van der Waals surface area (Å²) in [5, 5.41) is 4.52. The number of amides is 1. The number of benzene rings is 1. The van der Waals surface area contributed by atoms with Gasteiger partial charge in [-0.05, 0) is 36.8 Å². The summed E-state index contributed by atoms with van der Waals surface area (Å²) in [6.07, 6.45) is 0. The Morgan fingerprint density at radius 2 is 1.96 bits per heavy atom. The molecule has 0 unspecified atom stereocenters. The van der Waals surface area contributed by atoms with Crippen LogP contribution in [0.5, 0.6) is 0 Å². The van der Waals surface area contributed by atoms with E-state index in [9.17, 15) is 14.0 Å². The first-order valence-electron chi connectivity index (χ1n) is 7.36. The van der Waals surface area contributed by atoms with Crippen molar-refractivity contribution in [1.82, 2.24) is 4.98 Å². The Hall–Kier alpha value is -2.58. The van der Waals surface area contributed by atoms with Gasteiger partial charge < -0.3 is 4.74 Å². The van der Waals surface area contributed by atoms with Gasteiger partial charge >= 0.3 is 5.97 Å². The molecule has 8 heteroatoms. The molecule has 128 valence electrons. The summed E-state index contributed by atoms with van der Waals surface area (Å²) in [5.74, 6) is -1.14. The maximum atomic E-state index is 13.0. The molecule has 3 rings (SSSR count). The highest BCUT2D eigenvalue weighted by atomic mass is 32.1. The topological polar surface area (TPSA) is 68.3 Å². The molecule has 3 aromatic rings. The number of carbonyl (C=O) groups excluding carboxylic acids is 2. The van der Waals surface area contributed by atoms with E-state index in [1.54, 1.807) is 31.2 Å². The van der Waals surface area contributed by atoms with Gasteiger partial charge in [-0.25, -0.2) is 14.2 Å². The van der Waals surface area contributed by atoms with Crippen LogP contribution in [0.2, 0.25) is 0 Å². The van der Waals surface area contributed by atoms with Gasteiger partial charge in [-0.15, -0.1) is 22.7 Å². The second kappa shape index (κ2) is 7.54. The van der Waals surface area contributed by atoms with Crippen LogP contribution in [-0.4, -0.2) is 23.5 Å². The maximum Gasteiger partial charge on any atom is 0.357 e. The van der Waals surface area contributed by atoms with Crippen LogP contribution in [0, 0.1) is 5.82 Å². The van der Waals surface area contributed by atoms with Gasteiger partial charge in [0.05, 0.1) is 11.5 Å². The van der Waals surface area contributed by atoms with E-state index in [4.69, 9.17) is 4.74 Å². The second-order valence-electron chi connectivity index (χ2n) is 4.88. The SMILES string of the molecule is CCOC(=O)c1csc(NC(=O)c2ccc(-c3ccc(F)cc3)s2)n1. The highest BCUT2D eigenvalue weighted by Crippen LogP contribution is 2.29. The first-order chi connectivity index (χ1) is 12.1. The van der Waals surface area contributed by atoms with E-state index in [1.165, 1.54) is 28.8 Å². The first-order valence-corrected chi connectivity index (χ1v) is 9.06. The molecule has 0 atom stereocenters. The lowest BCUT2D eigenvalue weighted by Gasteiger charge is -1.99. The number of aromatic nitrogens is 1. The van der Waals surface area contributed by atoms with Crippen molar-refractivity contribution in [2.45, 2.75) is 6.92 Å². The fraction of sp³-hybridized carbons (Fsp3) is 0.118. The van der Waals surface area contributed by atoms with Gasteiger partial charge in [0.15, 0.2) is 10.8 Å². The average Bonchev–Trinajstić information content (AvgIpc) is 3.25. The zero-order valence-electron chi connectivity index (χ0n) is 13.1. The van der Waals surface area contributed by atoms with E-state index in [1.807, 2.05) is 0 Å². The number of esters is 1. The van der Waals surface area contributed by atoms with Crippen molar-refractivity contribution in [3.05, 3.63) is 58.2 Å². The quantitative estimate of drug-likeness (QED) is 0.669. The van der Waals surface area contributed by atoms with E-state index in [2.05, 4.69) is 10.3 Å². The van der Waals surface area contributed by atoms with Crippen molar-refractivity contribution in [3.63, 3.8) is 0 Å². The molecule has 0 saturated heterocycles. The molecule has 1 aromatic carbocycles. The summed E-state index contributed by atoms with van der Waals surface area (Å²) in [6.45, 7) is 1.97. The Balaban J connectivity index is 1.70. The Labute approximate surface area is 151 Å². The molecule has 2 aromatic heterocycles. The van der Waals surface area contributed by atoms with Gasteiger partial charge in [-0.2, -0.15) is 0 Å². The first kappa shape index (κ1) is 17.2. The summed E-state index contributed by atoms with van der Waals surface area (Å²) in [4.78, 5) is 29.3. The van der Waals surface area contributed by atoms with Crippen molar-refractivity contribution in [1.29, 1.82) is 0 Å². The van der Waals surface area contributed by atoms with Gasteiger partial charge in [0.25, 0.3) is 5.91 Å². The van der Waals surface area contributed by atoms with Gasteiger partial charge in [0.1, 0.15) is 5.82 Å². The number of hydrogen-bond donors (Lipinski definition) is 1.